The second kappa shape index (κ2) is 8.21. The van der Waals surface area contributed by atoms with Crippen LogP contribution in [0.15, 0.2) is 66.7 Å². The fourth-order valence-corrected chi connectivity index (χ4v) is 5.00. The lowest BCUT2D eigenvalue weighted by Crippen LogP contribution is -2.46. The molecule has 0 N–H and O–H groups in total. The molecule has 0 spiro atoms. The number of halogens is 1. The van der Waals surface area contributed by atoms with Crippen molar-refractivity contribution in [1.29, 1.82) is 0 Å². The first kappa shape index (κ1) is 19.8. The highest BCUT2D eigenvalue weighted by Crippen LogP contribution is 2.36. The van der Waals surface area contributed by atoms with Gasteiger partial charge in [-0.3, -0.25) is 9.69 Å². The van der Waals surface area contributed by atoms with Crippen molar-refractivity contribution in [2.75, 3.05) is 11.5 Å². The average molecular weight is 451 g/mol. The fraction of sp³-hybridized carbons (Fsp3) is 0.167. The summed E-state index contributed by atoms with van der Waals surface area (Å²) in [5, 5.41) is 1.26. The third kappa shape index (κ3) is 3.96. The van der Waals surface area contributed by atoms with Crippen LogP contribution in [0, 0.1) is 6.92 Å². The van der Waals surface area contributed by atoms with Gasteiger partial charge in [0, 0.05) is 5.02 Å². The number of amides is 1. The normalized spacial score (nSPS) is 15.1. The van der Waals surface area contributed by atoms with Crippen molar-refractivity contribution < 1.29 is 14.3 Å². The number of rotatable bonds is 4. The van der Waals surface area contributed by atoms with Crippen LogP contribution in [-0.2, 0) is 11.3 Å². The summed E-state index contributed by atoms with van der Waals surface area (Å²) in [6.45, 7) is 2.50. The summed E-state index contributed by atoms with van der Waals surface area (Å²) >= 11 is 7.68. The molecule has 0 saturated carbocycles. The minimum atomic E-state index is -0.754. The minimum Gasteiger partial charge on any atom is -0.485 e. The summed E-state index contributed by atoms with van der Waals surface area (Å²) in [5.41, 5.74) is 2.83. The molecule has 5 nitrogen and oxygen atoms in total. The number of hydrogen-bond acceptors (Lipinski definition) is 5. The van der Waals surface area contributed by atoms with Gasteiger partial charge in [0.25, 0.3) is 5.91 Å². The zero-order chi connectivity index (χ0) is 21.4. The van der Waals surface area contributed by atoms with E-state index in [0.29, 0.717) is 28.2 Å². The van der Waals surface area contributed by atoms with Crippen LogP contribution in [0.3, 0.4) is 0 Å². The molecule has 1 aliphatic rings. The highest BCUT2D eigenvalue weighted by atomic mass is 35.5. The van der Waals surface area contributed by atoms with Gasteiger partial charge in [0.15, 0.2) is 16.6 Å². The lowest BCUT2D eigenvalue weighted by Gasteiger charge is -2.29. The molecule has 0 saturated heterocycles. The number of benzene rings is 3. The topological polar surface area (TPSA) is 51.7 Å². The molecule has 2 heterocycles. The Balaban J connectivity index is 1.52. The van der Waals surface area contributed by atoms with Crippen LogP contribution < -0.4 is 14.4 Å². The Labute approximate surface area is 188 Å². The van der Waals surface area contributed by atoms with Gasteiger partial charge in [0.1, 0.15) is 6.61 Å². The standard InChI is InChI=1S/C24H19ClN2O3S/c1-15-11-17(25)12-21-22(15)26-24(31-21)27(13-16-7-3-2-4-8-16)23(28)20-14-29-18-9-5-6-10-19(18)30-20/h2-12,20H,13-14H2,1H3. The Bertz CT molecular complexity index is 1260. The Morgan fingerprint density at radius 1 is 1.13 bits per heavy atom. The van der Waals surface area contributed by atoms with Crippen molar-refractivity contribution in [3.8, 4) is 11.5 Å². The van der Waals surface area contributed by atoms with Gasteiger partial charge in [-0.2, -0.15) is 0 Å². The molecule has 0 fully saturated rings. The number of carbonyl (C=O) groups is 1. The molecule has 0 radical (unpaired) electrons. The number of aryl methyl sites for hydroxylation is 1. The fourth-order valence-electron chi connectivity index (χ4n) is 3.58. The molecule has 1 atom stereocenters. The van der Waals surface area contributed by atoms with E-state index in [2.05, 4.69) is 0 Å². The van der Waals surface area contributed by atoms with Crippen LogP contribution in [0.2, 0.25) is 5.02 Å². The maximum Gasteiger partial charge on any atom is 0.273 e. The molecular weight excluding hydrogens is 432 g/mol. The van der Waals surface area contributed by atoms with Gasteiger partial charge < -0.3 is 9.47 Å². The Morgan fingerprint density at radius 2 is 1.87 bits per heavy atom. The second-order valence-electron chi connectivity index (χ2n) is 7.34. The van der Waals surface area contributed by atoms with Crippen molar-refractivity contribution in [2.45, 2.75) is 19.6 Å². The average Bonchev–Trinajstić information content (AvgIpc) is 3.21. The minimum absolute atomic E-state index is 0.150. The van der Waals surface area contributed by atoms with Gasteiger partial charge in [-0.25, -0.2) is 4.98 Å². The Morgan fingerprint density at radius 3 is 2.68 bits per heavy atom. The zero-order valence-electron chi connectivity index (χ0n) is 16.7. The van der Waals surface area contributed by atoms with Gasteiger partial charge in [0.05, 0.1) is 16.8 Å². The molecule has 5 rings (SSSR count). The molecule has 1 unspecified atom stereocenters. The lowest BCUT2D eigenvalue weighted by molar-refractivity contribution is -0.127. The number of hydrogen-bond donors (Lipinski definition) is 0. The van der Waals surface area contributed by atoms with Gasteiger partial charge in [-0.05, 0) is 42.3 Å². The van der Waals surface area contributed by atoms with Gasteiger partial charge in [-0.15, -0.1) is 0 Å². The molecule has 4 aromatic rings. The van der Waals surface area contributed by atoms with Crippen LogP contribution in [0.1, 0.15) is 11.1 Å². The largest absolute Gasteiger partial charge is 0.485 e. The molecule has 7 heteroatoms. The molecule has 31 heavy (non-hydrogen) atoms. The first-order valence-electron chi connectivity index (χ1n) is 9.89. The number of thiazole rings is 1. The summed E-state index contributed by atoms with van der Waals surface area (Å²) < 4.78 is 12.7. The van der Waals surface area contributed by atoms with E-state index in [1.807, 2.05) is 67.6 Å². The predicted molar refractivity (Wildman–Crippen MR) is 123 cm³/mol. The van der Waals surface area contributed by atoms with Crippen LogP contribution in [-0.4, -0.2) is 23.6 Å². The zero-order valence-corrected chi connectivity index (χ0v) is 18.3. The molecule has 0 aliphatic carbocycles. The van der Waals surface area contributed by atoms with E-state index < -0.39 is 6.10 Å². The molecule has 1 amide bonds. The van der Waals surface area contributed by atoms with Crippen molar-refractivity contribution in [3.63, 3.8) is 0 Å². The van der Waals surface area contributed by atoms with Crippen molar-refractivity contribution in [1.82, 2.24) is 4.98 Å². The number of para-hydroxylation sites is 2. The molecule has 3 aromatic carbocycles. The smallest absolute Gasteiger partial charge is 0.273 e. The van der Waals surface area contributed by atoms with Gasteiger partial charge in [-0.1, -0.05) is 65.4 Å². The van der Waals surface area contributed by atoms with Crippen LogP contribution in [0.5, 0.6) is 11.5 Å². The summed E-state index contributed by atoms with van der Waals surface area (Å²) in [6, 6.07) is 21.0. The SMILES string of the molecule is Cc1cc(Cl)cc2sc(N(Cc3ccccc3)C(=O)C3COc4ccccc4O3)nc12. The van der Waals surface area contributed by atoms with Crippen LogP contribution >= 0.6 is 22.9 Å². The number of nitrogens with zero attached hydrogens (tertiary/aromatic N) is 2. The first-order chi connectivity index (χ1) is 15.1. The third-order valence-electron chi connectivity index (χ3n) is 5.10. The summed E-state index contributed by atoms with van der Waals surface area (Å²) in [4.78, 5) is 20.1. The maximum atomic E-state index is 13.6. The molecule has 1 aromatic heterocycles. The summed E-state index contributed by atoms with van der Waals surface area (Å²) in [7, 11) is 0. The van der Waals surface area contributed by atoms with E-state index in [0.717, 1.165) is 21.3 Å². The van der Waals surface area contributed by atoms with E-state index in [4.69, 9.17) is 26.1 Å². The lowest BCUT2D eigenvalue weighted by atomic mass is 10.2. The van der Waals surface area contributed by atoms with Crippen molar-refractivity contribution >= 4 is 44.2 Å². The van der Waals surface area contributed by atoms with Crippen LogP contribution in [0.4, 0.5) is 5.13 Å². The number of fused-ring (bicyclic) bond motifs is 2. The van der Waals surface area contributed by atoms with Crippen molar-refractivity contribution in [3.05, 3.63) is 82.9 Å². The second-order valence-corrected chi connectivity index (χ2v) is 8.79. The van der Waals surface area contributed by atoms with Crippen LogP contribution in [0.25, 0.3) is 10.2 Å². The molecular formula is C24H19ClN2O3S. The quantitative estimate of drug-likeness (QED) is 0.404. The Hall–Kier alpha value is -3.09. The predicted octanol–water partition coefficient (Wildman–Crippen LogP) is 5.63. The third-order valence-corrected chi connectivity index (χ3v) is 6.35. The molecule has 0 bridgehead atoms. The maximum absolute atomic E-state index is 13.6. The number of carbonyl (C=O) groups excluding carboxylic acids is 1. The first-order valence-corrected chi connectivity index (χ1v) is 11.1. The number of ether oxygens (including phenoxy) is 2. The number of aromatic nitrogens is 1. The van der Waals surface area contributed by atoms with E-state index >= 15 is 0 Å². The molecule has 1 aliphatic heterocycles. The molecule has 156 valence electrons. The van der Waals surface area contributed by atoms with Gasteiger partial charge in [0.2, 0.25) is 6.10 Å². The van der Waals surface area contributed by atoms with E-state index in [1.54, 1.807) is 11.0 Å². The summed E-state index contributed by atoms with van der Waals surface area (Å²) in [5.74, 6) is 1.02. The number of anilines is 1. The summed E-state index contributed by atoms with van der Waals surface area (Å²) in [6.07, 6.45) is -0.754. The van der Waals surface area contributed by atoms with E-state index in [-0.39, 0.29) is 12.5 Å². The highest BCUT2D eigenvalue weighted by Gasteiger charge is 2.33. The van der Waals surface area contributed by atoms with Crippen molar-refractivity contribution in [2.24, 2.45) is 0 Å². The van der Waals surface area contributed by atoms with E-state index in [9.17, 15) is 4.79 Å². The monoisotopic (exact) mass is 450 g/mol. The Kier molecular flexibility index (Phi) is 5.26. The highest BCUT2D eigenvalue weighted by molar-refractivity contribution is 7.22. The van der Waals surface area contributed by atoms with E-state index in [1.165, 1.54) is 11.3 Å². The van der Waals surface area contributed by atoms with Gasteiger partial charge >= 0.3 is 0 Å².